The molecule has 0 bridgehead atoms. The van der Waals surface area contributed by atoms with Gasteiger partial charge in [-0.3, -0.25) is 4.79 Å². The topological polar surface area (TPSA) is 51.3 Å². The fraction of sp³-hybridized carbons (Fsp3) is 0.615. The first-order valence-electron chi connectivity index (χ1n) is 17.6. The smallest absolute Gasteiger partial charge is 0.218 e. The number of unbranched alkanes of at least 4 members (excludes halogenated alkanes) is 11. The maximum atomic E-state index is 12.5. The summed E-state index contributed by atoms with van der Waals surface area (Å²) < 4.78 is 2.50. The monoisotopic (exact) mass is 587 g/mol. The highest BCUT2D eigenvalue weighted by atomic mass is 16.1. The van der Waals surface area contributed by atoms with Gasteiger partial charge in [-0.05, 0) is 68.0 Å². The third kappa shape index (κ3) is 10.2. The number of carbonyl (C=O) groups is 1. The molecule has 1 atom stereocenters. The molecule has 1 heterocycles. The number of fused-ring (bicyclic) bond motifs is 1. The molecule has 1 unspecified atom stereocenters. The van der Waals surface area contributed by atoms with Gasteiger partial charge in [0.05, 0.1) is 0 Å². The van der Waals surface area contributed by atoms with Crippen LogP contribution < -0.4 is 10.6 Å². The van der Waals surface area contributed by atoms with Crippen LogP contribution in [0.25, 0.3) is 10.9 Å². The molecule has 0 aliphatic rings. The van der Waals surface area contributed by atoms with Gasteiger partial charge in [-0.1, -0.05) is 116 Å². The number of carbonyl (C=O) groups excluding carboxylic acids is 1. The number of anilines is 1. The van der Waals surface area contributed by atoms with E-state index >= 15 is 0 Å². The zero-order chi connectivity index (χ0) is 31.0. The molecule has 238 valence electrons. The van der Waals surface area contributed by atoms with Crippen molar-refractivity contribution in [1.82, 2.24) is 4.57 Å². The lowest BCUT2D eigenvalue weighted by Gasteiger charge is -2.27. The minimum Gasteiger partial charge on any atom is -0.372 e. The van der Waals surface area contributed by atoms with E-state index in [1.807, 2.05) is 0 Å². The molecule has 1 amide bonds. The Balaban J connectivity index is 1.93. The summed E-state index contributed by atoms with van der Waals surface area (Å²) >= 11 is 0. The molecule has 43 heavy (non-hydrogen) atoms. The third-order valence-corrected chi connectivity index (χ3v) is 9.33. The predicted molar refractivity (Wildman–Crippen MR) is 187 cm³/mol. The van der Waals surface area contributed by atoms with E-state index in [2.05, 4.69) is 86.6 Å². The van der Waals surface area contributed by atoms with E-state index in [0.29, 0.717) is 6.42 Å². The number of nitrogens with zero attached hydrogens (tertiary/aromatic N) is 2. The van der Waals surface area contributed by atoms with Crippen LogP contribution in [0.2, 0.25) is 0 Å². The first-order valence-corrected chi connectivity index (χ1v) is 17.6. The summed E-state index contributed by atoms with van der Waals surface area (Å²) in [5, 5.41) is 1.26. The largest absolute Gasteiger partial charge is 0.372 e. The van der Waals surface area contributed by atoms with Gasteiger partial charge in [0.25, 0.3) is 0 Å². The van der Waals surface area contributed by atoms with Gasteiger partial charge >= 0.3 is 0 Å². The van der Waals surface area contributed by atoms with Crippen molar-refractivity contribution in [3.63, 3.8) is 0 Å². The summed E-state index contributed by atoms with van der Waals surface area (Å²) in [4.78, 5) is 15.1. The summed E-state index contributed by atoms with van der Waals surface area (Å²) in [5.74, 6) is -0.293. The second-order valence-electron chi connectivity index (χ2n) is 12.8. The minimum atomic E-state index is -0.242. The highest BCUT2D eigenvalue weighted by Gasteiger charge is 2.26. The zero-order valence-corrected chi connectivity index (χ0v) is 28.2. The minimum absolute atomic E-state index is 0.0511. The number of hydrogen-bond donors (Lipinski definition) is 1. The van der Waals surface area contributed by atoms with Crippen LogP contribution in [-0.2, 0) is 11.3 Å². The van der Waals surface area contributed by atoms with Crippen LogP contribution >= 0.6 is 0 Å². The van der Waals surface area contributed by atoms with Gasteiger partial charge < -0.3 is 15.2 Å². The third-order valence-electron chi connectivity index (χ3n) is 9.33. The number of aryl methyl sites for hydroxylation is 2. The fourth-order valence-corrected chi connectivity index (χ4v) is 6.88. The van der Waals surface area contributed by atoms with Crippen molar-refractivity contribution in [3.8, 4) is 0 Å². The summed E-state index contributed by atoms with van der Waals surface area (Å²) in [5.41, 5.74) is 13.6. The summed E-state index contributed by atoms with van der Waals surface area (Å²) in [6, 6.07) is 15.7. The molecule has 0 aliphatic carbocycles. The van der Waals surface area contributed by atoms with Gasteiger partial charge in [0.2, 0.25) is 5.91 Å². The molecule has 3 aromatic rings. The molecule has 3 rings (SSSR count). The lowest BCUT2D eigenvalue weighted by atomic mass is 9.84. The number of amides is 1. The molecule has 0 radical (unpaired) electrons. The van der Waals surface area contributed by atoms with Crippen LogP contribution in [0.5, 0.6) is 0 Å². The van der Waals surface area contributed by atoms with Crippen molar-refractivity contribution in [2.45, 2.75) is 143 Å². The van der Waals surface area contributed by atoms with E-state index in [-0.39, 0.29) is 11.8 Å². The second kappa shape index (κ2) is 18.8. The quantitative estimate of drug-likeness (QED) is 0.119. The van der Waals surface area contributed by atoms with Crippen LogP contribution in [0.3, 0.4) is 0 Å². The first kappa shape index (κ1) is 34.7. The van der Waals surface area contributed by atoms with E-state index in [9.17, 15) is 4.79 Å². The Kier molecular flexibility index (Phi) is 15.2. The van der Waals surface area contributed by atoms with Crippen molar-refractivity contribution in [2.24, 2.45) is 5.73 Å². The van der Waals surface area contributed by atoms with Gasteiger partial charge in [0.15, 0.2) is 0 Å². The predicted octanol–water partition coefficient (Wildman–Crippen LogP) is 10.6. The summed E-state index contributed by atoms with van der Waals surface area (Å²) in [6.07, 6.45) is 18.2. The number of para-hydroxylation sites is 1. The van der Waals surface area contributed by atoms with E-state index < -0.39 is 0 Å². The molecule has 0 saturated heterocycles. The first-order chi connectivity index (χ1) is 20.9. The number of rotatable bonds is 22. The normalized spacial score (nSPS) is 12.2. The maximum Gasteiger partial charge on any atom is 0.218 e. The van der Waals surface area contributed by atoms with Gasteiger partial charge in [-0.2, -0.15) is 0 Å². The number of hydrogen-bond acceptors (Lipinski definition) is 2. The van der Waals surface area contributed by atoms with Crippen LogP contribution in [0.15, 0.2) is 42.5 Å². The van der Waals surface area contributed by atoms with E-state index in [1.165, 1.54) is 129 Å². The lowest BCUT2D eigenvalue weighted by molar-refractivity contribution is -0.118. The molecule has 0 aliphatic heterocycles. The molecular formula is C39H61N3O. The van der Waals surface area contributed by atoms with E-state index in [0.717, 1.165) is 19.6 Å². The standard InChI is InChI=1S/C39H61N3O/c1-6-9-12-15-16-21-28-42-32(5)39(35-22-17-18-23-37(35)42)36(30-38(40)43)34-25-24-33(29-31(34)4)41(26-19-13-10-7-2)27-20-14-11-8-3/h17-18,22-25,29,36H,6-16,19-21,26-28,30H2,1-5H3,(H2,40,43). The van der Waals surface area contributed by atoms with Gasteiger partial charge in [-0.25, -0.2) is 0 Å². The Morgan fingerprint density at radius 2 is 1.35 bits per heavy atom. The number of aromatic nitrogens is 1. The number of primary amides is 1. The molecule has 4 heteroatoms. The van der Waals surface area contributed by atoms with E-state index in [4.69, 9.17) is 5.73 Å². The molecule has 0 spiro atoms. The van der Waals surface area contributed by atoms with Crippen LogP contribution in [0.1, 0.15) is 145 Å². The van der Waals surface area contributed by atoms with Crippen molar-refractivity contribution in [2.75, 3.05) is 18.0 Å². The molecule has 1 aromatic heterocycles. The number of benzene rings is 2. The van der Waals surface area contributed by atoms with Crippen molar-refractivity contribution >= 4 is 22.5 Å². The highest BCUT2D eigenvalue weighted by molar-refractivity contribution is 5.88. The molecule has 2 aromatic carbocycles. The molecule has 4 nitrogen and oxygen atoms in total. The Labute approximate surface area is 263 Å². The molecule has 0 saturated carbocycles. The van der Waals surface area contributed by atoms with Crippen molar-refractivity contribution in [1.29, 1.82) is 0 Å². The van der Waals surface area contributed by atoms with Gasteiger partial charge in [0.1, 0.15) is 0 Å². The Morgan fingerprint density at radius 1 is 0.767 bits per heavy atom. The Hall–Kier alpha value is -2.75. The average molecular weight is 588 g/mol. The van der Waals surface area contributed by atoms with Crippen LogP contribution in [0.4, 0.5) is 5.69 Å². The lowest BCUT2D eigenvalue weighted by Crippen LogP contribution is -2.26. The van der Waals surface area contributed by atoms with Crippen molar-refractivity contribution < 1.29 is 4.79 Å². The summed E-state index contributed by atoms with van der Waals surface area (Å²) in [7, 11) is 0. The molecule has 2 N–H and O–H groups in total. The summed E-state index contributed by atoms with van der Waals surface area (Å²) in [6.45, 7) is 14.5. The van der Waals surface area contributed by atoms with E-state index in [1.54, 1.807) is 0 Å². The Morgan fingerprint density at radius 3 is 1.95 bits per heavy atom. The fourth-order valence-electron chi connectivity index (χ4n) is 6.88. The van der Waals surface area contributed by atoms with Crippen molar-refractivity contribution in [3.05, 3.63) is 64.8 Å². The molecular weight excluding hydrogens is 526 g/mol. The maximum absolute atomic E-state index is 12.5. The number of nitrogens with two attached hydrogens (primary N) is 1. The SMILES string of the molecule is CCCCCCCCn1c(C)c(C(CC(N)=O)c2ccc(N(CCCCCC)CCCCCC)cc2C)c2ccccc21. The second-order valence-corrected chi connectivity index (χ2v) is 12.8. The van der Waals surface area contributed by atoms with Gasteiger partial charge in [0, 0.05) is 54.3 Å². The molecule has 0 fully saturated rings. The van der Waals surface area contributed by atoms with Gasteiger partial charge in [-0.15, -0.1) is 0 Å². The average Bonchev–Trinajstić information content (AvgIpc) is 3.27. The van der Waals surface area contributed by atoms with Crippen LogP contribution in [0, 0.1) is 13.8 Å². The highest BCUT2D eigenvalue weighted by Crippen LogP contribution is 2.40. The van der Waals surface area contributed by atoms with Crippen LogP contribution in [-0.4, -0.2) is 23.6 Å². The Bertz CT molecular complexity index is 1230. The zero-order valence-electron chi connectivity index (χ0n) is 28.2.